The van der Waals surface area contributed by atoms with E-state index >= 15 is 0 Å². The summed E-state index contributed by atoms with van der Waals surface area (Å²) < 4.78 is -1.03. The fourth-order valence-electron chi connectivity index (χ4n) is 5.88. The highest BCUT2D eigenvalue weighted by Crippen LogP contribution is 2.63. The van der Waals surface area contributed by atoms with Gasteiger partial charge in [0.05, 0.1) is 8.99 Å². The quantitative estimate of drug-likeness (QED) is 0.248. The van der Waals surface area contributed by atoms with Crippen molar-refractivity contribution in [1.82, 2.24) is 0 Å². The fraction of sp³-hybridized carbons (Fsp3) is 0.429. The summed E-state index contributed by atoms with van der Waals surface area (Å²) in [7, 11) is -4.20. The highest BCUT2D eigenvalue weighted by molar-refractivity contribution is 6.96. The summed E-state index contributed by atoms with van der Waals surface area (Å²) in [6, 6.07) is 19.9. The molecule has 2 aromatic rings. The number of halogens is 2. The molecule has 2 aliphatic rings. The molecule has 2 unspecified atom stereocenters. The van der Waals surface area contributed by atoms with Crippen LogP contribution < -0.4 is 0 Å². The molecule has 1 radical (unpaired) electrons. The van der Waals surface area contributed by atoms with Crippen LogP contribution in [0.5, 0.6) is 0 Å². The van der Waals surface area contributed by atoms with Gasteiger partial charge in [-0.1, -0.05) is 118 Å². The molecule has 0 saturated heterocycles. The summed E-state index contributed by atoms with van der Waals surface area (Å²) in [6.45, 7) is 17.0. The van der Waals surface area contributed by atoms with Gasteiger partial charge in [0.1, 0.15) is 8.07 Å². The lowest BCUT2D eigenvalue weighted by atomic mass is 10.1. The number of hydrogen-bond donors (Lipinski definition) is 0. The average Bonchev–Trinajstić information content (AvgIpc) is 3.19. The van der Waals surface area contributed by atoms with E-state index in [1.807, 2.05) is 0 Å². The zero-order valence-electron chi connectivity index (χ0n) is 21.2. The SMILES string of the molecule is C[Si](C)CCC1=Cc2ccccc2C1(Cl)[Si](C)(C)C1(Cl)C(C[Si](C)(C)C)=Cc2ccccc21. The summed E-state index contributed by atoms with van der Waals surface area (Å²) in [5.74, 6) is 0. The molecule has 0 amide bonds. The molecular weight excluding hydrogens is 491 g/mol. The van der Waals surface area contributed by atoms with Crippen LogP contribution in [0.15, 0.2) is 59.7 Å². The Balaban J connectivity index is 1.92. The molecular formula is C28H37Cl2Si3. The van der Waals surface area contributed by atoms with Gasteiger partial charge < -0.3 is 0 Å². The summed E-state index contributed by atoms with van der Waals surface area (Å²) in [6.07, 6.45) is 5.86. The summed E-state index contributed by atoms with van der Waals surface area (Å²) in [5, 5.41) is 0. The lowest BCUT2D eigenvalue weighted by Crippen LogP contribution is -2.61. The smallest absolute Gasteiger partial charge is 0.113 e. The zero-order valence-corrected chi connectivity index (χ0v) is 25.7. The van der Waals surface area contributed by atoms with Gasteiger partial charge in [-0.2, -0.15) is 0 Å². The van der Waals surface area contributed by atoms with E-state index in [9.17, 15) is 0 Å². The molecule has 0 N–H and O–H groups in total. The minimum absolute atomic E-state index is 0.342. The maximum Gasteiger partial charge on any atom is 0.117 e. The molecule has 0 aromatic heterocycles. The van der Waals surface area contributed by atoms with Crippen molar-refractivity contribution in [3.8, 4) is 0 Å². The predicted octanol–water partition coefficient (Wildman–Crippen LogP) is 9.32. The molecule has 0 bridgehead atoms. The van der Waals surface area contributed by atoms with Crippen molar-refractivity contribution in [1.29, 1.82) is 0 Å². The Morgan fingerprint density at radius 1 is 0.727 bits per heavy atom. The molecule has 33 heavy (non-hydrogen) atoms. The number of rotatable bonds is 7. The standard InChI is InChI=1S/C28H37Cl2Si3/c1-31(2)17-16-23-18-21-12-8-10-14-25(21)27(23,29)33(6,7)28(30)24(20-32(3,4)5)19-22-13-9-11-15-26(22)28/h8-15,18-19H,16-17,20H2,1-7H3. The Morgan fingerprint density at radius 2 is 1.18 bits per heavy atom. The normalized spacial score (nSPS) is 24.5. The molecule has 4 rings (SSSR count). The van der Waals surface area contributed by atoms with E-state index in [2.05, 4.69) is 107 Å². The molecule has 0 spiro atoms. The molecule has 0 heterocycles. The van der Waals surface area contributed by atoms with Gasteiger partial charge in [0.25, 0.3) is 0 Å². The molecule has 0 aliphatic heterocycles. The first-order valence-electron chi connectivity index (χ1n) is 12.1. The maximum atomic E-state index is 8.04. The minimum Gasteiger partial charge on any atom is -0.113 e. The third-order valence-corrected chi connectivity index (χ3v) is 18.6. The van der Waals surface area contributed by atoms with Crippen LogP contribution in [-0.2, 0) is 8.99 Å². The van der Waals surface area contributed by atoms with E-state index in [0.717, 1.165) is 12.5 Å². The van der Waals surface area contributed by atoms with Crippen LogP contribution in [0.25, 0.3) is 12.2 Å². The van der Waals surface area contributed by atoms with Gasteiger partial charge in [-0.15, -0.1) is 23.2 Å². The third kappa shape index (κ3) is 4.02. The fourth-order valence-corrected chi connectivity index (χ4v) is 14.3. The Morgan fingerprint density at radius 3 is 1.67 bits per heavy atom. The average molecular weight is 529 g/mol. The van der Waals surface area contributed by atoms with Crippen molar-refractivity contribution in [3.63, 3.8) is 0 Å². The lowest BCUT2D eigenvalue weighted by Gasteiger charge is -2.51. The number of alkyl halides is 2. The largest absolute Gasteiger partial charge is 0.117 e. The summed E-state index contributed by atoms with van der Waals surface area (Å²) in [4.78, 5) is 0. The van der Waals surface area contributed by atoms with Gasteiger partial charge in [0.2, 0.25) is 0 Å². The summed E-state index contributed by atoms with van der Waals surface area (Å²) in [5.41, 5.74) is 7.91. The number of allylic oxidation sites excluding steroid dienone is 2. The highest BCUT2D eigenvalue weighted by Gasteiger charge is 2.64. The van der Waals surface area contributed by atoms with Gasteiger partial charge in [-0.05, 0) is 40.3 Å². The van der Waals surface area contributed by atoms with Gasteiger partial charge >= 0.3 is 0 Å². The van der Waals surface area contributed by atoms with Gasteiger partial charge in [0.15, 0.2) is 0 Å². The zero-order chi connectivity index (χ0) is 24.2. The van der Waals surface area contributed by atoms with E-state index in [4.69, 9.17) is 23.2 Å². The van der Waals surface area contributed by atoms with Crippen molar-refractivity contribution in [2.45, 2.75) is 73.3 Å². The van der Waals surface area contributed by atoms with E-state index in [-0.39, 0.29) is 8.80 Å². The lowest BCUT2D eigenvalue weighted by molar-refractivity contribution is 0.829. The van der Waals surface area contributed by atoms with Gasteiger partial charge in [0, 0.05) is 16.9 Å². The minimum atomic E-state index is -2.46. The first-order valence-corrected chi connectivity index (χ1v) is 22.3. The van der Waals surface area contributed by atoms with Crippen molar-refractivity contribution < 1.29 is 0 Å². The Kier molecular flexibility index (Phi) is 6.63. The van der Waals surface area contributed by atoms with Gasteiger partial charge in [-0.25, -0.2) is 0 Å². The van der Waals surface area contributed by atoms with Crippen LogP contribution in [0.1, 0.15) is 28.7 Å². The third-order valence-electron chi connectivity index (χ3n) is 7.55. The summed E-state index contributed by atoms with van der Waals surface area (Å²) >= 11 is 16.1. The molecule has 0 saturated carbocycles. The number of fused-ring (bicyclic) bond motifs is 2. The Labute approximate surface area is 214 Å². The van der Waals surface area contributed by atoms with Crippen LogP contribution in [0, 0.1) is 0 Å². The molecule has 2 aliphatic carbocycles. The molecule has 0 fully saturated rings. The highest BCUT2D eigenvalue weighted by atomic mass is 35.5. The molecule has 2 atom stereocenters. The first kappa shape index (κ1) is 25.2. The first-order chi connectivity index (χ1) is 15.3. The van der Waals surface area contributed by atoms with Crippen molar-refractivity contribution in [2.75, 3.05) is 0 Å². The van der Waals surface area contributed by atoms with E-state index in [1.165, 1.54) is 39.4 Å². The monoisotopic (exact) mass is 527 g/mol. The van der Waals surface area contributed by atoms with E-state index < -0.39 is 25.1 Å². The second-order valence-corrected chi connectivity index (χ2v) is 26.8. The van der Waals surface area contributed by atoms with E-state index in [0.29, 0.717) is 0 Å². The van der Waals surface area contributed by atoms with Crippen LogP contribution in [0.3, 0.4) is 0 Å². The van der Waals surface area contributed by atoms with Crippen LogP contribution in [0.4, 0.5) is 0 Å². The molecule has 5 heteroatoms. The maximum absolute atomic E-state index is 8.04. The van der Waals surface area contributed by atoms with Gasteiger partial charge in [-0.3, -0.25) is 0 Å². The number of hydrogen-bond acceptors (Lipinski definition) is 0. The number of benzene rings is 2. The second kappa shape index (κ2) is 8.67. The van der Waals surface area contributed by atoms with Crippen LogP contribution >= 0.6 is 23.2 Å². The topological polar surface area (TPSA) is 0 Å². The van der Waals surface area contributed by atoms with Crippen molar-refractivity contribution in [3.05, 3.63) is 81.9 Å². The Hall–Kier alpha value is -0.849. The van der Waals surface area contributed by atoms with Crippen molar-refractivity contribution in [2.24, 2.45) is 0 Å². The van der Waals surface area contributed by atoms with E-state index in [1.54, 1.807) is 0 Å². The predicted molar refractivity (Wildman–Crippen MR) is 156 cm³/mol. The molecule has 175 valence electrons. The molecule has 0 nitrogen and oxygen atoms in total. The molecule has 2 aromatic carbocycles. The Bertz CT molecular complexity index is 1130. The van der Waals surface area contributed by atoms with Crippen LogP contribution in [0.2, 0.25) is 57.9 Å². The second-order valence-electron chi connectivity index (χ2n) is 11.9. The van der Waals surface area contributed by atoms with Crippen LogP contribution in [-0.4, -0.2) is 24.9 Å². The van der Waals surface area contributed by atoms with Crippen molar-refractivity contribution >= 4 is 60.3 Å².